The second-order valence-electron chi connectivity index (χ2n) is 7.98. The first-order valence-corrected chi connectivity index (χ1v) is 9.42. The van der Waals surface area contributed by atoms with E-state index < -0.39 is 7.12 Å². The van der Waals surface area contributed by atoms with E-state index >= 15 is 0 Å². The van der Waals surface area contributed by atoms with Gasteiger partial charge in [0, 0.05) is 12.1 Å². The number of carbonyl (C=O) groups is 1. The summed E-state index contributed by atoms with van der Waals surface area (Å²) in [6, 6.07) is 11.8. The lowest BCUT2D eigenvalue weighted by atomic mass is 9.76. The highest BCUT2D eigenvalue weighted by atomic mass is 16.7. The molecular formula is C21H28BNO3. The monoisotopic (exact) mass is 353 g/mol. The Bertz CT molecular complexity index is 800. The Balaban J connectivity index is 1.89. The van der Waals surface area contributed by atoms with E-state index in [4.69, 9.17) is 9.31 Å². The smallest absolute Gasteiger partial charge is 0.399 e. The molecule has 3 rings (SSSR count). The Morgan fingerprint density at radius 3 is 2.42 bits per heavy atom. The van der Waals surface area contributed by atoms with Gasteiger partial charge in [-0.1, -0.05) is 37.6 Å². The van der Waals surface area contributed by atoms with Crippen LogP contribution in [0, 0.1) is 0 Å². The molecule has 0 aliphatic carbocycles. The van der Waals surface area contributed by atoms with Gasteiger partial charge in [-0.05, 0) is 62.5 Å². The molecule has 2 aromatic rings. The number of hydrogen-bond acceptors (Lipinski definition) is 3. The summed E-state index contributed by atoms with van der Waals surface area (Å²) in [6.45, 7) is 11.0. The average molecular weight is 353 g/mol. The van der Waals surface area contributed by atoms with Crippen molar-refractivity contribution in [2.75, 3.05) is 6.54 Å². The van der Waals surface area contributed by atoms with Crippen molar-refractivity contribution in [1.82, 2.24) is 5.32 Å². The largest absolute Gasteiger partial charge is 0.495 e. The van der Waals surface area contributed by atoms with E-state index in [-0.39, 0.29) is 17.1 Å². The van der Waals surface area contributed by atoms with E-state index in [1.165, 1.54) is 0 Å². The van der Waals surface area contributed by atoms with Crippen molar-refractivity contribution in [3.8, 4) is 0 Å². The molecule has 1 fully saturated rings. The van der Waals surface area contributed by atoms with Crippen molar-refractivity contribution in [3.63, 3.8) is 0 Å². The molecule has 4 nitrogen and oxygen atoms in total. The fourth-order valence-electron chi connectivity index (χ4n) is 3.11. The molecule has 0 unspecified atom stereocenters. The zero-order chi connectivity index (χ0) is 18.9. The summed E-state index contributed by atoms with van der Waals surface area (Å²) >= 11 is 0. The number of unbranched alkanes of at least 4 members (excludes halogenated alkanes) is 1. The van der Waals surface area contributed by atoms with Crippen molar-refractivity contribution in [2.24, 2.45) is 0 Å². The number of fused-ring (bicyclic) bond motifs is 1. The van der Waals surface area contributed by atoms with Gasteiger partial charge in [0.15, 0.2) is 0 Å². The summed E-state index contributed by atoms with van der Waals surface area (Å²) in [7, 11) is -0.409. The maximum Gasteiger partial charge on any atom is 0.495 e. The first-order chi connectivity index (χ1) is 12.2. The van der Waals surface area contributed by atoms with Gasteiger partial charge in [-0.15, -0.1) is 0 Å². The van der Waals surface area contributed by atoms with Gasteiger partial charge in [0.1, 0.15) is 0 Å². The number of benzene rings is 2. The van der Waals surface area contributed by atoms with Crippen LogP contribution in [0.1, 0.15) is 57.8 Å². The molecule has 1 saturated heterocycles. The van der Waals surface area contributed by atoms with E-state index in [2.05, 4.69) is 39.9 Å². The van der Waals surface area contributed by atoms with Gasteiger partial charge < -0.3 is 14.6 Å². The minimum Gasteiger partial charge on any atom is -0.399 e. The van der Waals surface area contributed by atoms with Crippen LogP contribution in [0.3, 0.4) is 0 Å². The Morgan fingerprint density at radius 1 is 1.08 bits per heavy atom. The van der Waals surface area contributed by atoms with Gasteiger partial charge in [0.25, 0.3) is 5.91 Å². The van der Waals surface area contributed by atoms with E-state index in [1.54, 1.807) is 0 Å². The molecule has 138 valence electrons. The molecule has 5 heteroatoms. The molecule has 1 amide bonds. The predicted octanol–water partition coefficient (Wildman–Crippen LogP) is 3.67. The maximum atomic E-state index is 12.3. The fraction of sp³-hybridized carbons (Fsp3) is 0.476. The molecule has 0 aromatic heterocycles. The summed E-state index contributed by atoms with van der Waals surface area (Å²) in [6.07, 6.45) is 2.06. The molecule has 0 bridgehead atoms. The third-order valence-electron chi connectivity index (χ3n) is 5.50. The van der Waals surface area contributed by atoms with Crippen LogP contribution in [-0.2, 0) is 9.31 Å². The quantitative estimate of drug-likeness (QED) is 0.659. The number of hydrogen-bond donors (Lipinski definition) is 1. The second-order valence-corrected chi connectivity index (χ2v) is 7.98. The van der Waals surface area contributed by atoms with Gasteiger partial charge in [0.2, 0.25) is 0 Å². The van der Waals surface area contributed by atoms with Crippen LogP contribution < -0.4 is 10.8 Å². The average Bonchev–Trinajstić information content (AvgIpc) is 2.81. The third kappa shape index (κ3) is 3.51. The molecular weight excluding hydrogens is 325 g/mol. The third-order valence-corrected chi connectivity index (χ3v) is 5.50. The first kappa shape index (κ1) is 18.9. The maximum absolute atomic E-state index is 12.3. The summed E-state index contributed by atoms with van der Waals surface area (Å²) in [5.41, 5.74) is 0.927. The lowest BCUT2D eigenvalue weighted by Gasteiger charge is -2.32. The molecule has 0 spiro atoms. The lowest BCUT2D eigenvalue weighted by Crippen LogP contribution is -2.41. The Hall–Kier alpha value is -1.85. The van der Waals surface area contributed by atoms with Crippen LogP contribution in [0.25, 0.3) is 10.8 Å². The Labute approximate surface area is 156 Å². The van der Waals surface area contributed by atoms with Gasteiger partial charge in [0.05, 0.1) is 11.2 Å². The lowest BCUT2D eigenvalue weighted by molar-refractivity contribution is 0.00578. The number of amides is 1. The van der Waals surface area contributed by atoms with Crippen LogP contribution in [0.15, 0.2) is 36.4 Å². The molecule has 1 N–H and O–H groups in total. The Morgan fingerprint density at radius 2 is 1.77 bits per heavy atom. The van der Waals surface area contributed by atoms with Crippen LogP contribution in [0.2, 0.25) is 0 Å². The zero-order valence-corrected chi connectivity index (χ0v) is 16.4. The van der Waals surface area contributed by atoms with Crippen LogP contribution in [-0.4, -0.2) is 30.8 Å². The van der Waals surface area contributed by atoms with Crippen molar-refractivity contribution >= 4 is 29.3 Å². The fourth-order valence-corrected chi connectivity index (χ4v) is 3.11. The van der Waals surface area contributed by atoms with E-state index in [0.717, 1.165) is 29.1 Å². The number of nitrogens with one attached hydrogen (secondary N) is 1. The zero-order valence-electron chi connectivity index (χ0n) is 16.4. The van der Waals surface area contributed by atoms with Crippen LogP contribution >= 0.6 is 0 Å². The van der Waals surface area contributed by atoms with Crippen molar-refractivity contribution in [1.29, 1.82) is 0 Å². The highest BCUT2D eigenvalue weighted by molar-refractivity contribution is 6.65. The molecule has 2 aromatic carbocycles. The van der Waals surface area contributed by atoms with Crippen molar-refractivity contribution in [3.05, 3.63) is 42.0 Å². The van der Waals surface area contributed by atoms with E-state index in [9.17, 15) is 4.79 Å². The SMILES string of the molecule is CCCCNC(=O)c1ccc2c(B3OC(C)(C)C(C)(C)O3)cccc2c1. The second kappa shape index (κ2) is 7.05. The molecule has 0 radical (unpaired) electrons. The van der Waals surface area contributed by atoms with E-state index in [0.29, 0.717) is 12.1 Å². The number of carbonyl (C=O) groups excluding carboxylic acids is 1. The highest BCUT2D eigenvalue weighted by Crippen LogP contribution is 2.37. The summed E-state index contributed by atoms with van der Waals surface area (Å²) < 4.78 is 12.4. The first-order valence-electron chi connectivity index (χ1n) is 9.42. The molecule has 1 aliphatic heterocycles. The minimum atomic E-state index is -0.409. The molecule has 0 saturated carbocycles. The molecule has 26 heavy (non-hydrogen) atoms. The summed E-state index contributed by atoms with van der Waals surface area (Å²) in [5.74, 6) is -0.0265. The standard InChI is InChI=1S/C21H28BNO3/c1-6-7-13-23-19(24)16-11-12-17-15(14-16)9-8-10-18(17)22-25-20(2,3)21(4,5)26-22/h8-12,14H,6-7,13H2,1-5H3,(H,23,24). The summed E-state index contributed by atoms with van der Waals surface area (Å²) in [4.78, 5) is 12.3. The van der Waals surface area contributed by atoms with Crippen LogP contribution in [0.4, 0.5) is 0 Å². The molecule has 1 aliphatic rings. The topological polar surface area (TPSA) is 47.6 Å². The van der Waals surface area contributed by atoms with Gasteiger partial charge in [-0.2, -0.15) is 0 Å². The van der Waals surface area contributed by atoms with Gasteiger partial charge in [-0.3, -0.25) is 4.79 Å². The molecule has 1 heterocycles. The van der Waals surface area contributed by atoms with Crippen molar-refractivity contribution in [2.45, 2.75) is 58.7 Å². The highest BCUT2D eigenvalue weighted by Gasteiger charge is 2.52. The van der Waals surface area contributed by atoms with E-state index in [1.807, 2.05) is 36.4 Å². The Kier molecular flexibility index (Phi) is 5.13. The molecule has 0 atom stereocenters. The van der Waals surface area contributed by atoms with Crippen molar-refractivity contribution < 1.29 is 14.1 Å². The minimum absolute atomic E-state index is 0.0265. The summed E-state index contributed by atoms with van der Waals surface area (Å²) in [5, 5.41) is 5.03. The van der Waals surface area contributed by atoms with Gasteiger partial charge in [-0.25, -0.2) is 0 Å². The predicted molar refractivity (Wildman–Crippen MR) is 107 cm³/mol. The number of rotatable bonds is 5. The van der Waals surface area contributed by atoms with Gasteiger partial charge >= 0.3 is 7.12 Å². The van der Waals surface area contributed by atoms with Crippen LogP contribution in [0.5, 0.6) is 0 Å². The normalized spacial score (nSPS) is 18.3.